The van der Waals surface area contributed by atoms with Gasteiger partial charge in [-0.3, -0.25) is 15.6 Å². The van der Waals surface area contributed by atoms with Crippen LogP contribution in [0.4, 0.5) is 5.82 Å². The summed E-state index contributed by atoms with van der Waals surface area (Å²) in [5, 5.41) is 0.679. The fourth-order valence-electron chi connectivity index (χ4n) is 2.57. The van der Waals surface area contributed by atoms with E-state index in [-0.39, 0.29) is 11.9 Å². The fraction of sp³-hybridized carbons (Fsp3) is 0.200. The van der Waals surface area contributed by atoms with Gasteiger partial charge in [-0.1, -0.05) is 29.8 Å². The van der Waals surface area contributed by atoms with Gasteiger partial charge in [-0.25, -0.2) is 14.8 Å². The molecule has 0 atom stereocenters. The van der Waals surface area contributed by atoms with Gasteiger partial charge in [-0.15, -0.1) is 11.3 Å². The first-order valence-corrected chi connectivity index (χ1v) is 9.53. The normalized spacial score (nSPS) is 11.0. The number of anilines is 1. The second-order valence-corrected chi connectivity index (χ2v) is 7.04. The number of esters is 1. The molecule has 2 aromatic heterocycles. The summed E-state index contributed by atoms with van der Waals surface area (Å²) in [6.07, 6.45) is 4.53. The van der Waals surface area contributed by atoms with Crippen molar-refractivity contribution in [3.8, 4) is 0 Å². The molecule has 0 spiro atoms. The van der Waals surface area contributed by atoms with Crippen molar-refractivity contribution in [1.82, 2.24) is 15.4 Å². The number of aromatic nitrogens is 2. The van der Waals surface area contributed by atoms with E-state index >= 15 is 0 Å². The molecule has 0 saturated carbocycles. The lowest BCUT2D eigenvalue weighted by Crippen LogP contribution is -2.28. The molecule has 3 rings (SSSR count). The summed E-state index contributed by atoms with van der Waals surface area (Å²) < 4.78 is 5.08. The standard InChI is InChI=1S/C20H20N4O3S/c1-4-27-20(26)17-13(3)16-18(21-11-22-19(16)28-17)24-23-15(25)10-9-14-7-5-12(2)6-8-14/h5-11H,4H2,1-3H3,(H,23,25)(H,21,22,24)/b10-9+. The molecule has 2 heterocycles. The Morgan fingerprint density at radius 3 is 2.64 bits per heavy atom. The number of rotatable bonds is 6. The lowest BCUT2D eigenvalue weighted by atomic mass is 10.1. The molecule has 0 aliphatic rings. The summed E-state index contributed by atoms with van der Waals surface area (Å²) in [4.78, 5) is 33.7. The highest BCUT2D eigenvalue weighted by Crippen LogP contribution is 2.33. The Bertz CT molecular complexity index is 1040. The van der Waals surface area contributed by atoms with Crippen molar-refractivity contribution < 1.29 is 14.3 Å². The average molecular weight is 396 g/mol. The molecule has 0 bridgehead atoms. The van der Waals surface area contributed by atoms with Gasteiger partial charge in [0.2, 0.25) is 0 Å². The number of ether oxygens (including phenoxy) is 1. The van der Waals surface area contributed by atoms with E-state index in [1.54, 1.807) is 19.9 Å². The first-order chi connectivity index (χ1) is 13.5. The van der Waals surface area contributed by atoms with Crippen molar-refractivity contribution in [2.24, 2.45) is 0 Å². The number of nitrogens with zero attached hydrogens (tertiary/aromatic N) is 2. The van der Waals surface area contributed by atoms with Gasteiger partial charge in [0.25, 0.3) is 5.91 Å². The highest BCUT2D eigenvalue weighted by atomic mass is 32.1. The number of carbonyl (C=O) groups excluding carboxylic acids is 2. The number of nitrogens with one attached hydrogen (secondary N) is 2. The van der Waals surface area contributed by atoms with Crippen molar-refractivity contribution in [3.63, 3.8) is 0 Å². The largest absolute Gasteiger partial charge is 0.462 e. The lowest BCUT2D eigenvalue weighted by molar-refractivity contribution is -0.116. The number of benzene rings is 1. The molecule has 8 heteroatoms. The number of thiophene rings is 1. The molecular weight excluding hydrogens is 376 g/mol. The molecule has 1 amide bonds. The molecule has 3 aromatic rings. The number of hydrazine groups is 1. The van der Waals surface area contributed by atoms with Crippen LogP contribution in [-0.2, 0) is 9.53 Å². The second kappa shape index (κ2) is 8.62. The summed E-state index contributed by atoms with van der Waals surface area (Å²) in [5.41, 5.74) is 8.20. The number of aryl methyl sites for hydroxylation is 2. The summed E-state index contributed by atoms with van der Waals surface area (Å²) >= 11 is 1.24. The Hall–Kier alpha value is -3.26. The number of hydrogen-bond donors (Lipinski definition) is 2. The van der Waals surface area contributed by atoms with Crippen molar-refractivity contribution in [3.05, 3.63) is 58.2 Å². The number of hydrogen-bond acceptors (Lipinski definition) is 7. The third-order valence-electron chi connectivity index (χ3n) is 4.00. The predicted octanol–water partition coefficient (Wildman–Crippen LogP) is 3.64. The van der Waals surface area contributed by atoms with E-state index in [1.807, 2.05) is 31.2 Å². The van der Waals surface area contributed by atoms with Crippen molar-refractivity contribution >= 4 is 45.3 Å². The maximum absolute atomic E-state index is 12.1. The first kappa shape index (κ1) is 19.5. The fourth-order valence-corrected chi connectivity index (χ4v) is 3.61. The third kappa shape index (κ3) is 4.34. The van der Waals surface area contributed by atoms with E-state index in [1.165, 1.54) is 23.7 Å². The molecule has 0 fully saturated rings. The predicted molar refractivity (Wildman–Crippen MR) is 110 cm³/mol. The quantitative estimate of drug-likeness (QED) is 0.375. The smallest absolute Gasteiger partial charge is 0.348 e. The van der Waals surface area contributed by atoms with Crippen LogP contribution in [0.5, 0.6) is 0 Å². The van der Waals surface area contributed by atoms with Crippen molar-refractivity contribution in [2.75, 3.05) is 12.0 Å². The number of carbonyl (C=O) groups is 2. The molecular formula is C20H20N4O3S. The summed E-state index contributed by atoms with van der Waals surface area (Å²) in [6.45, 7) is 5.87. The van der Waals surface area contributed by atoms with E-state index in [0.717, 1.165) is 11.1 Å². The van der Waals surface area contributed by atoms with Gasteiger partial charge in [0.1, 0.15) is 16.0 Å². The van der Waals surface area contributed by atoms with E-state index in [2.05, 4.69) is 20.8 Å². The van der Waals surface area contributed by atoms with E-state index in [9.17, 15) is 9.59 Å². The molecule has 0 aliphatic carbocycles. The maximum atomic E-state index is 12.1. The van der Waals surface area contributed by atoms with Gasteiger partial charge >= 0.3 is 5.97 Å². The molecule has 1 aromatic carbocycles. The maximum Gasteiger partial charge on any atom is 0.348 e. The number of fused-ring (bicyclic) bond motifs is 1. The van der Waals surface area contributed by atoms with Crippen LogP contribution in [0.1, 0.15) is 33.3 Å². The zero-order valence-electron chi connectivity index (χ0n) is 15.8. The zero-order valence-corrected chi connectivity index (χ0v) is 16.6. The topological polar surface area (TPSA) is 93.2 Å². The Balaban J connectivity index is 1.74. The molecule has 0 aliphatic heterocycles. The van der Waals surface area contributed by atoms with Crippen LogP contribution >= 0.6 is 11.3 Å². The van der Waals surface area contributed by atoms with Gasteiger partial charge in [0.15, 0.2) is 5.82 Å². The molecule has 2 N–H and O–H groups in total. The van der Waals surface area contributed by atoms with Crippen LogP contribution in [0.2, 0.25) is 0 Å². The minimum atomic E-state index is -0.390. The zero-order chi connectivity index (χ0) is 20.1. The van der Waals surface area contributed by atoms with Gasteiger partial charge in [0, 0.05) is 6.08 Å². The van der Waals surface area contributed by atoms with E-state index in [4.69, 9.17) is 4.74 Å². The van der Waals surface area contributed by atoms with Gasteiger partial charge in [0.05, 0.1) is 12.0 Å². The highest BCUT2D eigenvalue weighted by Gasteiger charge is 2.20. The van der Waals surface area contributed by atoms with Gasteiger partial charge in [-0.2, -0.15) is 0 Å². The van der Waals surface area contributed by atoms with Gasteiger partial charge in [-0.05, 0) is 38.0 Å². The highest BCUT2D eigenvalue weighted by molar-refractivity contribution is 7.20. The Kier molecular flexibility index (Phi) is 6.00. The molecule has 144 valence electrons. The summed E-state index contributed by atoms with van der Waals surface area (Å²) in [6, 6.07) is 7.83. The van der Waals surface area contributed by atoms with E-state index in [0.29, 0.717) is 33.1 Å². The van der Waals surface area contributed by atoms with Crippen molar-refractivity contribution in [2.45, 2.75) is 20.8 Å². The second-order valence-electron chi connectivity index (χ2n) is 6.04. The Labute approximate surface area is 166 Å². The Morgan fingerprint density at radius 2 is 1.93 bits per heavy atom. The number of amides is 1. The monoisotopic (exact) mass is 396 g/mol. The SMILES string of the molecule is CCOC(=O)c1sc2ncnc(NNC(=O)/C=C/c3ccc(C)cc3)c2c1C. The molecule has 0 radical (unpaired) electrons. The summed E-state index contributed by atoms with van der Waals surface area (Å²) in [7, 11) is 0. The molecule has 7 nitrogen and oxygen atoms in total. The van der Waals surface area contributed by atoms with Crippen molar-refractivity contribution in [1.29, 1.82) is 0 Å². The molecule has 0 saturated heterocycles. The van der Waals surface area contributed by atoms with Crippen LogP contribution in [0.15, 0.2) is 36.7 Å². The van der Waals surface area contributed by atoms with Crippen LogP contribution in [0.25, 0.3) is 16.3 Å². The first-order valence-electron chi connectivity index (χ1n) is 8.71. The molecule has 0 unspecified atom stereocenters. The van der Waals surface area contributed by atoms with Crippen LogP contribution in [0.3, 0.4) is 0 Å². The average Bonchev–Trinajstić information content (AvgIpc) is 3.03. The summed E-state index contributed by atoms with van der Waals surface area (Å²) in [5.74, 6) is -0.295. The van der Waals surface area contributed by atoms with Gasteiger partial charge < -0.3 is 4.74 Å². The Morgan fingerprint density at radius 1 is 1.18 bits per heavy atom. The molecule has 28 heavy (non-hydrogen) atoms. The van der Waals surface area contributed by atoms with Crippen LogP contribution in [-0.4, -0.2) is 28.5 Å². The van der Waals surface area contributed by atoms with Crippen LogP contribution in [0, 0.1) is 13.8 Å². The minimum absolute atomic E-state index is 0.298. The third-order valence-corrected chi connectivity index (χ3v) is 5.18. The van der Waals surface area contributed by atoms with E-state index < -0.39 is 0 Å². The minimum Gasteiger partial charge on any atom is -0.462 e. The van der Waals surface area contributed by atoms with Crippen LogP contribution < -0.4 is 10.9 Å². The lowest BCUT2D eigenvalue weighted by Gasteiger charge is -2.07.